The van der Waals surface area contributed by atoms with Crippen LogP contribution in [0.2, 0.25) is 0 Å². The van der Waals surface area contributed by atoms with Gasteiger partial charge in [0.15, 0.2) is 24.8 Å². The molecule has 27 heavy (non-hydrogen) atoms. The molecule has 9 heteroatoms. The highest BCUT2D eigenvalue weighted by molar-refractivity contribution is 9.10. The van der Waals surface area contributed by atoms with Crippen molar-refractivity contribution in [3.8, 4) is 17.1 Å². The molecule has 3 aromatic rings. The van der Waals surface area contributed by atoms with Gasteiger partial charge in [-0.1, -0.05) is 33.2 Å². The second kappa shape index (κ2) is 8.26. The van der Waals surface area contributed by atoms with E-state index >= 15 is 0 Å². The summed E-state index contributed by atoms with van der Waals surface area (Å²) >= 11 is 3.12. The van der Waals surface area contributed by atoms with Crippen molar-refractivity contribution in [1.29, 1.82) is 0 Å². The number of carbonyl (C=O) groups excluding carboxylic acids is 1. The lowest BCUT2D eigenvalue weighted by Gasteiger charge is -2.06. The predicted octanol–water partition coefficient (Wildman–Crippen LogP) is 4.21. The zero-order valence-corrected chi connectivity index (χ0v) is 15.6. The molecular weight excluding hydrogens is 426 g/mol. The van der Waals surface area contributed by atoms with Crippen LogP contribution in [0.3, 0.4) is 0 Å². The highest BCUT2D eigenvalue weighted by atomic mass is 79.9. The van der Waals surface area contributed by atoms with Gasteiger partial charge in [0.1, 0.15) is 5.82 Å². The van der Waals surface area contributed by atoms with Gasteiger partial charge in [0, 0.05) is 10.0 Å². The lowest BCUT2D eigenvalue weighted by atomic mass is 10.1. The Labute approximate surface area is 161 Å². The van der Waals surface area contributed by atoms with Crippen LogP contribution >= 0.6 is 15.9 Å². The van der Waals surface area contributed by atoms with E-state index in [4.69, 9.17) is 14.0 Å². The molecule has 0 unspecified atom stereocenters. The van der Waals surface area contributed by atoms with Gasteiger partial charge in [-0.15, -0.1) is 0 Å². The van der Waals surface area contributed by atoms with Crippen LogP contribution in [0.5, 0.6) is 5.75 Å². The quantitative estimate of drug-likeness (QED) is 0.536. The normalized spacial score (nSPS) is 10.7. The van der Waals surface area contributed by atoms with Crippen molar-refractivity contribution in [3.05, 3.63) is 64.0 Å². The van der Waals surface area contributed by atoms with Crippen LogP contribution in [0.4, 0.5) is 8.78 Å². The van der Waals surface area contributed by atoms with E-state index in [1.807, 2.05) is 0 Å². The third-order valence-electron chi connectivity index (χ3n) is 3.49. The predicted molar refractivity (Wildman–Crippen MR) is 93.8 cm³/mol. The van der Waals surface area contributed by atoms with Crippen molar-refractivity contribution in [2.45, 2.75) is 13.5 Å². The first-order valence-corrected chi connectivity index (χ1v) is 8.54. The molecule has 0 atom stereocenters. The number of carbonyl (C=O) groups is 1. The standard InChI is InChI=1S/C18H13BrF2N2O4/c1-10-2-3-11(6-13(10)20)18-22-16(27-23-18)8-26-17(24)9-25-15-5-4-12(19)7-14(15)21/h2-7H,8-9H2,1H3. The fourth-order valence-electron chi connectivity index (χ4n) is 2.08. The molecule has 0 amide bonds. The summed E-state index contributed by atoms with van der Waals surface area (Å²) in [5.41, 5.74) is 0.937. The van der Waals surface area contributed by atoms with Crippen LogP contribution in [0, 0.1) is 18.6 Å². The summed E-state index contributed by atoms with van der Waals surface area (Å²) in [6.07, 6.45) is 0. The number of nitrogens with zero attached hydrogens (tertiary/aromatic N) is 2. The summed E-state index contributed by atoms with van der Waals surface area (Å²) in [5, 5.41) is 3.72. The number of ether oxygens (including phenoxy) is 2. The number of aryl methyl sites for hydroxylation is 1. The third kappa shape index (κ3) is 4.88. The summed E-state index contributed by atoms with van der Waals surface area (Å²) in [7, 11) is 0. The van der Waals surface area contributed by atoms with Crippen molar-refractivity contribution in [1.82, 2.24) is 10.1 Å². The Bertz CT molecular complexity index is 978. The van der Waals surface area contributed by atoms with Gasteiger partial charge >= 0.3 is 5.97 Å². The molecule has 0 radical (unpaired) electrons. The first-order chi connectivity index (χ1) is 12.9. The zero-order chi connectivity index (χ0) is 19.4. The van der Waals surface area contributed by atoms with Gasteiger partial charge in [0.25, 0.3) is 5.89 Å². The van der Waals surface area contributed by atoms with Gasteiger partial charge in [0.05, 0.1) is 0 Å². The molecule has 0 aliphatic carbocycles. The van der Waals surface area contributed by atoms with Gasteiger partial charge in [-0.05, 0) is 36.8 Å². The van der Waals surface area contributed by atoms with Crippen LogP contribution in [0.1, 0.15) is 11.5 Å². The molecule has 1 aromatic heterocycles. The molecule has 1 heterocycles. The zero-order valence-electron chi connectivity index (χ0n) is 14.0. The molecule has 0 fully saturated rings. The van der Waals surface area contributed by atoms with E-state index in [2.05, 4.69) is 26.1 Å². The second-order valence-corrected chi connectivity index (χ2v) is 6.42. The molecule has 6 nitrogen and oxygen atoms in total. The fourth-order valence-corrected chi connectivity index (χ4v) is 2.41. The Morgan fingerprint density at radius 2 is 2.00 bits per heavy atom. The first kappa shape index (κ1) is 19.0. The summed E-state index contributed by atoms with van der Waals surface area (Å²) in [6.45, 7) is 0.873. The summed E-state index contributed by atoms with van der Waals surface area (Å²) in [4.78, 5) is 15.7. The molecular formula is C18H13BrF2N2O4. The number of hydrogen-bond acceptors (Lipinski definition) is 6. The Morgan fingerprint density at radius 3 is 2.74 bits per heavy atom. The van der Waals surface area contributed by atoms with E-state index in [0.717, 1.165) is 0 Å². The molecule has 2 aromatic carbocycles. The molecule has 0 saturated heterocycles. The maximum Gasteiger partial charge on any atom is 0.344 e. The number of benzene rings is 2. The third-order valence-corrected chi connectivity index (χ3v) is 3.99. The van der Waals surface area contributed by atoms with Gasteiger partial charge < -0.3 is 14.0 Å². The van der Waals surface area contributed by atoms with E-state index in [-0.39, 0.29) is 29.9 Å². The highest BCUT2D eigenvalue weighted by Crippen LogP contribution is 2.22. The molecule has 0 N–H and O–H groups in total. The molecule has 0 aliphatic rings. The van der Waals surface area contributed by atoms with Crippen molar-refractivity contribution in [2.24, 2.45) is 0 Å². The van der Waals surface area contributed by atoms with Crippen LogP contribution in [0.15, 0.2) is 45.4 Å². The number of esters is 1. The molecule has 0 spiro atoms. The number of hydrogen-bond donors (Lipinski definition) is 0. The molecule has 3 rings (SSSR count). The summed E-state index contributed by atoms with van der Waals surface area (Å²) < 4.78 is 42.7. The average molecular weight is 439 g/mol. The van der Waals surface area contributed by atoms with E-state index in [0.29, 0.717) is 15.6 Å². The van der Waals surface area contributed by atoms with Gasteiger partial charge in [-0.2, -0.15) is 4.98 Å². The van der Waals surface area contributed by atoms with Crippen LogP contribution in [-0.2, 0) is 16.1 Å². The maximum atomic E-state index is 13.6. The Hall–Kier alpha value is -2.81. The minimum atomic E-state index is -0.738. The molecule has 0 aliphatic heterocycles. The number of aromatic nitrogens is 2. The Morgan fingerprint density at radius 1 is 1.19 bits per heavy atom. The van der Waals surface area contributed by atoms with Crippen molar-refractivity contribution in [3.63, 3.8) is 0 Å². The van der Waals surface area contributed by atoms with Gasteiger partial charge in [0.2, 0.25) is 5.82 Å². The number of rotatable bonds is 6. The smallest absolute Gasteiger partial charge is 0.344 e. The number of halogens is 3. The maximum absolute atomic E-state index is 13.6. The minimum absolute atomic E-state index is 0.0363. The van der Waals surface area contributed by atoms with Crippen LogP contribution in [-0.4, -0.2) is 22.7 Å². The van der Waals surface area contributed by atoms with Crippen molar-refractivity contribution >= 4 is 21.9 Å². The average Bonchev–Trinajstić information content (AvgIpc) is 3.10. The van der Waals surface area contributed by atoms with Crippen molar-refractivity contribution in [2.75, 3.05) is 6.61 Å². The fraction of sp³-hybridized carbons (Fsp3) is 0.167. The summed E-state index contributed by atoms with van der Waals surface area (Å²) in [5.74, 6) is -1.59. The monoisotopic (exact) mass is 438 g/mol. The second-order valence-electron chi connectivity index (χ2n) is 5.50. The van der Waals surface area contributed by atoms with E-state index in [9.17, 15) is 13.6 Å². The van der Waals surface area contributed by atoms with Crippen LogP contribution in [0.25, 0.3) is 11.4 Å². The van der Waals surface area contributed by atoms with Gasteiger partial charge in [-0.3, -0.25) is 0 Å². The Balaban J connectivity index is 1.53. The largest absolute Gasteiger partial charge is 0.479 e. The Kier molecular flexibility index (Phi) is 5.80. The van der Waals surface area contributed by atoms with E-state index in [1.165, 1.54) is 18.2 Å². The lowest BCUT2D eigenvalue weighted by Crippen LogP contribution is -2.15. The van der Waals surface area contributed by atoms with Gasteiger partial charge in [-0.25, -0.2) is 13.6 Å². The van der Waals surface area contributed by atoms with Crippen molar-refractivity contribution < 1.29 is 27.6 Å². The molecule has 0 saturated carbocycles. The highest BCUT2D eigenvalue weighted by Gasteiger charge is 2.13. The summed E-state index contributed by atoms with van der Waals surface area (Å²) in [6, 6.07) is 8.72. The van der Waals surface area contributed by atoms with E-state index < -0.39 is 18.4 Å². The molecule has 140 valence electrons. The topological polar surface area (TPSA) is 74.5 Å². The first-order valence-electron chi connectivity index (χ1n) is 7.75. The molecule has 0 bridgehead atoms. The lowest BCUT2D eigenvalue weighted by molar-refractivity contribution is -0.148. The van der Waals surface area contributed by atoms with Crippen LogP contribution < -0.4 is 4.74 Å². The van der Waals surface area contributed by atoms with E-state index in [1.54, 1.807) is 25.1 Å². The SMILES string of the molecule is Cc1ccc(-c2noc(COC(=O)COc3ccc(Br)cc3F)n2)cc1F. The minimum Gasteiger partial charge on any atom is -0.479 e.